The lowest BCUT2D eigenvalue weighted by atomic mass is 10.1. The predicted molar refractivity (Wildman–Crippen MR) is 95.8 cm³/mol. The zero-order chi connectivity index (χ0) is 19.5. The van der Waals surface area contributed by atoms with Crippen LogP contribution in [0.2, 0.25) is 0 Å². The molecule has 0 saturated heterocycles. The number of fused-ring (bicyclic) bond motifs is 3. The van der Waals surface area contributed by atoms with Crippen LogP contribution < -0.4 is 5.56 Å². The maximum absolute atomic E-state index is 14.5. The van der Waals surface area contributed by atoms with Crippen molar-refractivity contribution in [3.05, 3.63) is 46.5 Å². The molecule has 0 radical (unpaired) electrons. The van der Waals surface area contributed by atoms with Gasteiger partial charge in [0.1, 0.15) is 28.8 Å². The van der Waals surface area contributed by atoms with Gasteiger partial charge in [-0.1, -0.05) is 11.2 Å². The second-order valence-electron chi connectivity index (χ2n) is 7.17. The van der Waals surface area contributed by atoms with E-state index in [2.05, 4.69) is 15.1 Å². The van der Waals surface area contributed by atoms with Crippen molar-refractivity contribution >= 4 is 16.6 Å². The summed E-state index contributed by atoms with van der Waals surface area (Å²) in [4.78, 5) is 21.6. The first kappa shape index (κ1) is 17.3. The number of halogens is 1. The van der Waals surface area contributed by atoms with Crippen molar-refractivity contribution in [1.82, 2.24) is 24.1 Å². The van der Waals surface area contributed by atoms with Crippen LogP contribution in [-0.2, 0) is 5.60 Å². The van der Waals surface area contributed by atoms with E-state index in [-0.39, 0.29) is 34.5 Å². The highest BCUT2D eigenvalue weighted by molar-refractivity contribution is 5.83. The molecule has 0 saturated carbocycles. The van der Waals surface area contributed by atoms with E-state index in [0.29, 0.717) is 5.52 Å². The average Bonchev–Trinajstić information content (AvgIpc) is 3.22. The minimum atomic E-state index is -1.30. The summed E-state index contributed by atoms with van der Waals surface area (Å²) in [7, 11) is 0. The smallest absolute Gasteiger partial charge is 0.279 e. The van der Waals surface area contributed by atoms with Crippen LogP contribution in [-0.4, -0.2) is 29.2 Å². The van der Waals surface area contributed by atoms with E-state index >= 15 is 0 Å². The van der Waals surface area contributed by atoms with Gasteiger partial charge < -0.3 is 9.63 Å². The molecule has 0 aliphatic rings. The van der Waals surface area contributed by atoms with E-state index in [0.717, 1.165) is 0 Å². The third-order valence-electron chi connectivity index (χ3n) is 4.35. The first-order valence-corrected chi connectivity index (χ1v) is 8.47. The average molecular weight is 371 g/mol. The van der Waals surface area contributed by atoms with E-state index in [4.69, 9.17) is 4.52 Å². The number of benzene rings is 1. The number of nitrogens with zero attached hydrogens (tertiary/aromatic N) is 5. The Bertz CT molecular complexity index is 1230. The number of rotatable bonds is 3. The molecule has 0 aliphatic carbocycles. The van der Waals surface area contributed by atoms with Crippen LogP contribution in [0, 0.1) is 5.82 Å². The van der Waals surface area contributed by atoms with E-state index in [1.54, 1.807) is 26.0 Å². The molecular weight excluding hydrogens is 353 g/mol. The van der Waals surface area contributed by atoms with Gasteiger partial charge in [-0.25, -0.2) is 9.37 Å². The van der Waals surface area contributed by atoms with Gasteiger partial charge in [0.2, 0.25) is 5.82 Å². The largest absolute Gasteiger partial charge is 0.382 e. The molecule has 9 heteroatoms. The number of aromatic nitrogens is 5. The first-order chi connectivity index (χ1) is 12.7. The molecule has 0 bridgehead atoms. The monoisotopic (exact) mass is 371 g/mol. The molecule has 3 aromatic heterocycles. The van der Waals surface area contributed by atoms with Gasteiger partial charge in [0.05, 0.1) is 5.52 Å². The molecule has 27 heavy (non-hydrogen) atoms. The molecule has 1 aromatic carbocycles. The van der Waals surface area contributed by atoms with Crippen molar-refractivity contribution in [2.24, 2.45) is 0 Å². The Hall–Kier alpha value is -3.07. The molecule has 1 N–H and O–H groups in total. The van der Waals surface area contributed by atoms with Crippen LogP contribution in [0.3, 0.4) is 0 Å². The van der Waals surface area contributed by atoms with Crippen LogP contribution in [0.1, 0.15) is 39.6 Å². The van der Waals surface area contributed by atoms with Crippen LogP contribution in [0.15, 0.2) is 33.8 Å². The lowest BCUT2D eigenvalue weighted by Crippen LogP contribution is -2.25. The topological polar surface area (TPSA) is 98.5 Å². The molecule has 4 aromatic rings. The van der Waals surface area contributed by atoms with Crippen molar-refractivity contribution in [2.45, 2.75) is 39.3 Å². The third-order valence-corrected chi connectivity index (χ3v) is 4.35. The van der Waals surface area contributed by atoms with Gasteiger partial charge in [0, 0.05) is 6.04 Å². The van der Waals surface area contributed by atoms with Gasteiger partial charge >= 0.3 is 0 Å². The van der Waals surface area contributed by atoms with Crippen molar-refractivity contribution in [3.8, 4) is 11.6 Å². The zero-order valence-electron chi connectivity index (χ0n) is 15.3. The van der Waals surface area contributed by atoms with Gasteiger partial charge in [-0.3, -0.25) is 13.8 Å². The fourth-order valence-electron chi connectivity index (χ4n) is 3.11. The summed E-state index contributed by atoms with van der Waals surface area (Å²) < 4.78 is 22.6. The number of hydrogen-bond donors (Lipinski definition) is 1. The molecule has 0 spiro atoms. The molecule has 0 fully saturated rings. The molecular formula is C18H18FN5O3. The SMILES string of the molecule is CC(C)n1c(=O)c2c(-c3nc(C(C)(C)O)no3)ncn2c2cccc(F)c21. The molecule has 0 aliphatic heterocycles. The number of imidazole rings is 1. The summed E-state index contributed by atoms with van der Waals surface area (Å²) in [5, 5.41) is 13.8. The molecule has 0 amide bonds. The van der Waals surface area contributed by atoms with Crippen molar-refractivity contribution in [2.75, 3.05) is 0 Å². The molecule has 140 valence electrons. The summed E-state index contributed by atoms with van der Waals surface area (Å²) in [6.45, 7) is 6.65. The van der Waals surface area contributed by atoms with Crippen LogP contribution in [0.5, 0.6) is 0 Å². The van der Waals surface area contributed by atoms with Crippen LogP contribution >= 0.6 is 0 Å². The molecule has 4 rings (SSSR count). The second kappa shape index (κ2) is 5.71. The van der Waals surface area contributed by atoms with Crippen LogP contribution in [0.4, 0.5) is 4.39 Å². The molecule has 0 unspecified atom stereocenters. The van der Waals surface area contributed by atoms with E-state index in [9.17, 15) is 14.3 Å². The minimum absolute atomic E-state index is 0.0118. The quantitative estimate of drug-likeness (QED) is 0.594. The number of para-hydroxylation sites is 1. The fourth-order valence-corrected chi connectivity index (χ4v) is 3.11. The highest BCUT2D eigenvalue weighted by Gasteiger charge is 2.27. The summed E-state index contributed by atoms with van der Waals surface area (Å²) >= 11 is 0. The lowest BCUT2D eigenvalue weighted by Gasteiger charge is -2.16. The van der Waals surface area contributed by atoms with E-state index < -0.39 is 17.0 Å². The van der Waals surface area contributed by atoms with Gasteiger partial charge in [-0.05, 0) is 39.8 Å². The fraction of sp³-hybridized carbons (Fsp3) is 0.333. The summed E-state index contributed by atoms with van der Waals surface area (Å²) in [5.74, 6) is -0.398. The van der Waals surface area contributed by atoms with E-state index in [1.807, 2.05) is 0 Å². The Morgan fingerprint density at radius 2 is 2.00 bits per heavy atom. The second-order valence-corrected chi connectivity index (χ2v) is 7.17. The summed E-state index contributed by atoms with van der Waals surface area (Å²) in [6, 6.07) is 4.33. The lowest BCUT2D eigenvalue weighted by molar-refractivity contribution is 0.0661. The Morgan fingerprint density at radius 1 is 1.26 bits per heavy atom. The molecule has 3 heterocycles. The Labute approximate surface area is 152 Å². The van der Waals surface area contributed by atoms with Gasteiger partial charge in [-0.15, -0.1) is 0 Å². The van der Waals surface area contributed by atoms with Crippen molar-refractivity contribution < 1.29 is 14.0 Å². The highest BCUT2D eigenvalue weighted by Crippen LogP contribution is 2.27. The molecule has 0 atom stereocenters. The highest BCUT2D eigenvalue weighted by atomic mass is 19.1. The Morgan fingerprint density at radius 3 is 2.63 bits per heavy atom. The van der Waals surface area contributed by atoms with Gasteiger partial charge in [0.15, 0.2) is 5.69 Å². The number of aliphatic hydroxyl groups is 1. The maximum atomic E-state index is 14.5. The van der Waals surface area contributed by atoms with Gasteiger partial charge in [-0.2, -0.15) is 4.98 Å². The summed E-state index contributed by atoms with van der Waals surface area (Å²) in [5.41, 5.74) is -0.629. The third kappa shape index (κ3) is 2.54. The minimum Gasteiger partial charge on any atom is -0.382 e. The predicted octanol–water partition coefficient (Wildman–Crippen LogP) is 2.65. The van der Waals surface area contributed by atoms with Crippen molar-refractivity contribution in [3.63, 3.8) is 0 Å². The van der Waals surface area contributed by atoms with Crippen molar-refractivity contribution in [1.29, 1.82) is 0 Å². The summed E-state index contributed by atoms with van der Waals surface area (Å²) in [6.07, 6.45) is 1.42. The van der Waals surface area contributed by atoms with Gasteiger partial charge in [0.25, 0.3) is 11.4 Å². The zero-order valence-corrected chi connectivity index (χ0v) is 15.3. The van der Waals surface area contributed by atoms with Crippen LogP contribution in [0.25, 0.3) is 28.1 Å². The standard InChI is InChI=1S/C18H18FN5O3/c1-9(2)24-13-10(19)6-5-7-11(13)23-8-20-12(14(23)16(24)25)15-21-17(22-27-15)18(3,4)26/h5-9,26H,1-4H3. The number of hydrogen-bond acceptors (Lipinski definition) is 6. The Kier molecular flexibility index (Phi) is 3.67. The first-order valence-electron chi connectivity index (χ1n) is 8.47. The van der Waals surface area contributed by atoms with E-state index in [1.165, 1.54) is 35.2 Å². The Balaban J connectivity index is 2.11. The molecule has 8 nitrogen and oxygen atoms in total. The normalized spacial score (nSPS) is 12.6. The maximum Gasteiger partial charge on any atom is 0.279 e.